The third kappa shape index (κ3) is 1.50. The number of nitrogens with two attached hydrogens (primary N) is 1. The highest BCUT2D eigenvalue weighted by Crippen LogP contribution is 2.30. The van der Waals surface area contributed by atoms with Crippen LogP contribution in [0.4, 0.5) is 18.0 Å². The lowest BCUT2D eigenvalue weighted by molar-refractivity contribution is -0.145. The summed E-state index contributed by atoms with van der Waals surface area (Å²) in [7, 11) is 0. The van der Waals surface area contributed by atoms with Gasteiger partial charge in [-0.1, -0.05) is 12.1 Å². The minimum atomic E-state index is -4.71. The van der Waals surface area contributed by atoms with Gasteiger partial charge in [0, 0.05) is 0 Å². The van der Waals surface area contributed by atoms with Gasteiger partial charge in [-0.3, -0.25) is 0 Å². The fourth-order valence-corrected chi connectivity index (χ4v) is 1.44. The topological polar surface area (TPSA) is 60.9 Å². The van der Waals surface area contributed by atoms with E-state index in [1.807, 2.05) is 0 Å². The van der Waals surface area contributed by atoms with Crippen molar-refractivity contribution in [1.82, 2.24) is 9.55 Å². The number of halogens is 3. The molecule has 0 bridgehead atoms. The first kappa shape index (κ1) is 10.5. The molecule has 0 aliphatic rings. The second-order valence-electron chi connectivity index (χ2n) is 3.10. The summed E-state index contributed by atoms with van der Waals surface area (Å²) in [5.41, 5.74) is 5.03. The summed E-state index contributed by atoms with van der Waals surface area (Å²) in [6, 6.07) is 4.55. The van der Waals surface area contributed by atoms with Crippen molar-refractivity contribution in [2.75, 3.05) is 0 Å². The summed E-state index contributed by atoms with van der Waals surface area (Å²) in [6.45, 7) is 0. The van der Waals surface area contributed by atoms with Crippen LogP contribution in [0.1, 0.15) is 5.82 Å². The Balaban J connectivity index is 2.84. The average Bonchev–Trinajstić information content (AvgIpc) is 2.55. The predicted octanol–water partition coefficient (Wildman–Crippen LogP) is 1.98. The third-order valence-corrected chi connectivity index (χ3v) is 2.03. The second kappa shape index (κ2) is 3.22. The second-order valence-corrected chi connectivity index (χ2v) is 3.10. The Hall–Kier alpha value is -2.05. The largest absolute Gasteiger partial charge is 0.450 e. The molecular weight excluding hydrogens is 223 g/mol. The van der Waals surface area contributed by atoms with Crippen molar-refractivity contribution in [3.8, 4) is 0 Å². The van der Waals surface area contributed by atoms with Gasteiger partial charge in [0.15, 0.2) is 0 Å². The maximum absolute atomic E-state index is 12.6. The van der Waals surface area contributed by atoms with Crippen LogP contribution in [0.25, 0.3) is 11.0 Å². The molecule has 84 valence electrons. The van der Waals surface area contributed by atoms with E-state index in [1.54, 1.807) is 0 Å². The van der Waals surface area contributed by atoms with Crippen molar-refractivity contribution in [3.05, 3.63) is 30.1 Å². The Morgan fingerprint density at radius 2 is 1.94 bits per heavy atom. The molecule has 0 saturated carbocycles. The van der Waals surface area contributed by atoms with Crippen LogP contribution >= 0.6 is 0 Å². The average molecular weight is 229 g/mol. The van der Waals surface area contributed by atoms with E-state index in [0.29, 0.717) is 4.57 Å². The number of imidazole rings is 1. The molecular formula is C9H6F3N3O. The van der Waals surface area contributed by atoms with Gasteiger partial charge in [0.2, 0.25) is 5.82 Å². The molecule has 0 unspecified atom stereocenters. The normalized spacial score (nSPS) is 11.9. The molecule has 0 saturated heterocycles. The van der Waals surface area contributed by atoms with Crippen molar-refractivity contribution in [2.24, 2.45) is 5.73 Å². The minimum Gasteiger partial charge on any atom is -0.351 e. The Labute approximate surface area is 87.5 Å². The molecule has 0 fully saturated rings. The van der Waals surface area contributed by atoms with E-state index in [9.17, 15) is 18.0 Å². The molecule has 0 aliphatic carbocycles. The standard InChI is InChI=1S/C9H6F3N3O/c10-9(11,12)7-14-5-3-1-2-4-6(5)15(7)8(13)16/h1-4H,(H2,13,16). The maximum Gasteiger partial charge on any atom is 0.450 e. The smallest absolute Gasteiger partial charge is 0.351 e. The Morgan fingerprint density at radius 1 is 1.31 bits per heavy atom. The summed E-state index contributed by atoms with van der Waals surface area (Å²) < 4.78 is 38.0. The fourth-order valence-electron chi connectivity index (χ4n) is 1.44. The number of fused-ring (bicyclic) bond motifs is 1. The van der Waals surface area contributed by atoms with E-state index in [4.69, 9.17) is 5.73 Å². The SMILES string of the molecule is NC(=O)n1c(C(F)(F)F)nc2ccccc21. The lowest BCUT2D eigenvalue weighted by Gasteiger charge is -2.06. The molecule has 1 amide bonds. The van der Waals surface area contributed by atoms with E-state index < -0.39 is 18.0 Å². The van der Waals surface area contributed by atoms with Crippen LogP contribution < -0.4 is 5.73 Å². The number of carbonyl (C=O) groups is 1. The van der Waals surface area contributed by atoms with Crippen molar-refractivity contribution in [3.63, 3.8) is 0 Å². The van der Waals surface area contributed by atoms with Gasteiger partial charge in [-0.05, 0) is 12.1 Å². The molecule has 1 heterocycles. The van der Waals surface area contributed by atoms with E-state index in [0.717, 1.165) is 0 Å². The van der Waals surface area contributed by atoms with Crippen LogP contribution in [0.5, 0.6) is 0 Å². The zero-order chi connectivity index (χ0) is 11.9. The van der Waals surface area contributed by atoms with Crippen molar-refractivity contribution >= 4 is 17.1 Å². The Morgan fingerprint density at radius 3 is 2.50 bits per heavy atom. The molecule has 1 aromatic carbocycles. The molecule has 2 N–H and O–H groups in total. The highest BCUT2D eigenvalue weighted by atomic mass is 19.4. The van der Waals surface area contributed by atoms with Gasteiger partial charge in [-0.15, -0.1) is 0 Å². The van der Waals surface area contributed by atoms with Gasteiger partial charge in [0.05, 0.1) is 11.0 Å². The van der Waals surface area contributed by atoms with Crippen molar-refractivity contribution < 1.29 is 18.0 Å². The first-order chi connectivity index (χ1) is 7.41. The highest BCUT2D eigenvalue weighted by Gasteiger charge is 2.38. The van der Waals surface area contributed by atoms with E-state index in [1.165, 1.54) is 24.3 Å². The molecule has 1 aromatic heterocycles. The molecule has 16 heavy (non-hydrogen) atoms. The van der Waals surface area contributed by atoms with E-state index in [2.05, 4.69) is 4.98 Å². The molecule has 2 aromatic rings. The number of para-hydroxylation sites is 2. The molecule has 0 atom stereocenters. The lowest BCUT2D eigenvalue weighted by atomic mass is 10.3. The number of nitrogens with zero attached hydrogens (tertiary/aromatic N) is 2. The van der Waals surface area contributed by atoms with Crippen LogP contribution in [0.3, 0.4) is 0 Å². The van der Waals surface area contributed by atoms with Crippen LogP contribution in [0.15, 0.2) is 24.3 Å². The molecule has 7 heteroatoms. The van der Waals surface area contributed by atoms with Crippen molar-refractivity contribution in [1.29, 1.82) is 0 Å². The predicted molar refractivity (Wildman–Crippen MR) is 49.7 cm³/mol. The highest BCUT2D eigenvalue weighted by molar-refractivity contribution is 5.89. The summed E-state index contributed by atoms with van der Waals surface area (Å²) in [4.78, 5) is 14.3. The molecule has 0 aliphatic heterocycles. The molecule has 4 nitrogen and oxygen atoms in total. The third-order valence-electron chi connectivity index (χ3n) is 2.03. The van der Waals surface area contributed by atoms with Gasteiger partial charge in [0.1, 0.15) is 0 Å². The van der Waals surface area contributed by atoms with Gasteiger partial charge in [-0.25, -0.2) is 14.3 Å². The van der Waals surface area contributed by atoms with Crippen LogP contribution in [-0.2, 0) is 6.18 Å². The van der Waals surface area contributed by atoms with Crippen molar-refractivity contribution in [2.45, 2.75) is 6.18 Å². The number of amides is 1. The number of aromatic nitrogens is 2. The maximum atomic E-state index is 12.6. The molecule has 0 radical (unpaired) electrons. The number of rotatable bonds is 0. The summed E-state index contributed by atoms with van der Waals surface area (Å²) in [5, 5.41) is 0. The number of benzene rings is 1. The number of hydrogen-bond donors (Lipinski definition) is 1. The Kier molecular flexibility index (Phi) is 2.11. The zero-order valence-electron chi connectivity index (χ0n) is 7.82. The minimum absolute atomic E-state index is 0.0438. The first-order valence-corrected chi connectivity index (χ1v) is 4.26. The molecule has 0 spiro atoms. The number of alkyl halides is 3. The summed E-state index contributed by atoms with van der Waals surface area (Å²) >= 11 is 0. The summed E-state index contributed by atoms with van der Waals surface area (Å²) in [6.07, 6.45) is -4.71. The van der Waals surface area contributed by atoms with Gasteiger partial charge in [-0.2, -0.15) is 13.2 Å². The molecule has 2 rings (SSSR count). The van der Waals surface area contributed by atoms with Crippen LogP contribution in [-0.4, -0.2) is 15.6 Å². The van der Waals surface area contributed by atoms with Gasteiger partial charge < -0.3 is 5.73 Å². The number of hydrogen-bond acceptors (Lipinski definition) is 2. The number of carbonyl (C=O) groups excluding carboxylic acids is 1. The number of primary amides is 1. The van der Waals surface area contributed by atoms with Crippen LogP contribution in [0, 0.1) is 0 Å². The Bertz CT molecular complexity index is 559. The lowest BCUT2D eigenvalue weighted by Crippen LogP contribution is -2.25. The van der Waals surface area contributed by atoms with Gasteiger partial charge in [0.25, 0.3) is 0 Å². The monoisotopic (exact) mass is 229 g/mol. The quantitative estimate of drug-likeness (QED) is 0.750. The fraction of sp³-hybridized carbons (Fsp3) is 0.111. The van der Waals surface area contributed by atoms with E-state index >= 15 is 0 Å². The zero-order valence-corrected chi connectivity index (χ0v) is 7.82. The summed E-state index contributed by atoms with van der Waals surface area (Å²) in [5.74, 6) is -1.30. The van der Waals surface area contributed by atoms with Gasteiger partial charge >= 0.3 is 12.2 Å². The first-order valence-electron chi connectivity index (χ1n) is 4.26. The van der Waals surface area contributed by atoms with E-state index in [-0.39, 0.29) is 11.0 Å². The van der Waals surface area contributed by atoms with Crippen LogP contribution in [0.2, 0.25) is 0 Å².